The number of benzene rings is 1. The third kappa shape index (κ3) is 4.00. The molecule has 116 valence electrons. The van der Waals surface area contributed by atoms with E-state index in [0.29, 0.717) is 6.54 Å². The van der Waals surface area contributed by atoms with Crippen LogP contribution < -0.4 is 5.32 Å². The molecule has 0 aromatic heterocycles. The SMILES string of the molecule is CC(C)N(CC1CCCCN1)C(=O)c1ccc(F)cc1F. The average Bonchev–Trinajstić information content (AvgIpc) is 2.45. The first-order chi connectivity index (χ1) is 9.99. The van der Waals surface area contributed by atoms with Gasteiger partial charge in [0.05, 0.1) is 5.56 Å². The van der Waals surface area contributed by atoms with Crippen LogP contribution in [0.2, 0.25) is 0 Å². The number of hydrogen-bond donors (Lipinski definition) is 1. The van der Waals surface area contributed by atoms with E-state index in [4.69, 9.17) is 0 Å². The Kier molecular flexibility index (Phi) is 5.28. The zero-order chi connectivity index (χ0) is 15.4. The third-order valence-electron chi connectivity index (χ3n) is 3.88. The summed E-state index contributed by atoms with van der Waals surface area (Å²) in [6, 6.07) is 3.30. The van der Waals surface area contributed by atoms with Crippen LogP contribution in [-0.2, 0) is 0 Å². The first kappa shape index (κ1) is 15.9. The highest BCUT2D eigenvalue weighted by atomic mass is 19.1. The summed E-state index contributed by atoms with van der Waals surface area (Å²) in [4.78, 5) is 14.2. The summed E-state index contributed by atoms with van der Waals surface area (Å²) >= 11 is 0. The Bertz CT molecular complexity index is 499. The largest absolute Gasteiger partial charge is 0.335 e. The van der Waals surface area contributed by atoms with Crippen LogP contribution in [0.3, 0.4) is 0 Å². The summed E-state index contributed by atoms with van der Waals surface area (Å²) in [6.07, 6.45) is 3.31. The van der Waals surface area contributed by atoms with Crippen LogP contribution in [0, 0.1) is 11.6 Å². The summed E-state index contributed by atoms with van der Waals surface area (Å²) in [7, 11) is 0. The molecule has 0 radical (unpaired) electrons. The minimum Gasteiger partial charge on any atom is -0.335 e. The van der Waals surface area contributed by atoms with Gasteiger partial charge >= 0.3 is 0 Å². The Balaban J connectivity index is 2.14. The minimum atomic E-state index is -0.803. The first-order valence-corrected chi connectivity index (χ1v) is 7.48. The molecular weight excluding hydrogens is 274 g/mol. The number of rotatable bonds is 4. The van der Waals surface area contributed by atoms with Crippen molar-refractivity contribution in [2.75, 3.05) is 13.1 Å². The van der Waals surface area contributed by atoms with Gasteiger partial charge in [-0.1, -0.05) is 6.42 Å². The van der Waals surface area contributed by atoms with Gasteiger partial charge in [-0.15, -0.1) is 0 Å². The van der Waals surface area contributed by atoms with Crippen molar-refractivity contribution in [3.05, 3.63) is 35.4 Å². The molecule has 1 aliphatic heterocycles. The van der Waals surface area contributed by atoms with Crippen molar-refractivity contribution in [1.29, 1.82) is 0 Å². The van der Waals surface area contributed by atoms with E-state index in [0.717, 1.165) is 37.9 Å². The van der Waals surface area contributed by atoms with E-state index in [1.807, 2.05) is 13.8 Å². The lowest BCUT2D eigenvalue weighted by atomic mass is 10.0. The Hall–Kier alpha value is -1.49. The number of amides is 1. The Morgan fingerprint density at radius 2 is 2.14 bits per heavy atom. The highest BCUT2D eigenvalue weighted by molar-refractivity contribution is 5.94. The van der Waals surface area contributed by atoms with Crippen molar-refractivity contribution in [3.8, 4) is 0 Å². The van der Waals surface area contributed by atoms with E-state index in [2.05, 4.69) is 5.32 Å². The normalized spacial score (nSPS) is 18.8. The molecule has 1 atom stereocenters. The number of halogens is 2. The van der Waals surface area contributed by atoms with E-state index < -0.39 is 11.6 Å². The zero-order valence-corrected chi connectivity index (χ0v) is 12.5. The Labute approximate surface area is 124 Å². The van der Waals surface area contributed by atoms with Crippen LogP contribution in [-0.4, -0.2) is 36.0 Å². The summed E-state index contributed by atoms with van der Waals surface area (Å²) in [6.45, 7) is 5.31. The molecule has 0 saturated carbocycles. The predicted octanol–water partition coefficient (Wildman–Crippen LogP) is 2.96. The van der Waals surface area contributed by atoms with Gasteiger partial charge in [0.15, 0.2) is 0 Å². The minimum absolute atomic E-state index is 0.0364. The highest BCUT2D eigenvalue weighted by Crippen LogP contribution is 2.16. The van der Waals surface area contributed by atoms with Crippen molar-refractivity contribution < 1.29 is 13.6 Å². The number of piperidine rings is 1. The topological polar surface area (TPSA) is 32.3 Å². The van der Waals surface area contributed by atoms with Crippen molar-refractivity contribution in [1.82, 2.24) is 10.2 Å². The number of carbonyl (C=O) groups excluding carboxylic acids is 1. The maximum Gasteiger partial charge on any atom is 0.257 e. The van der Waals surface area contributed by atoms with Crippen molar-refractivity contribution in [2.45, 2.75) is 45.2 Å². The van der Waals surface area contributed by atoms with Crippen molar-refractivity contribution >= 4 is 5.91 Å². The van der Waals surface area contributed by atoms with Gasteiger partial charge < -0.3 is 10.2 Å². The molecule has 0 aliphatic carbocycles. The molecule has 1 aromatic carbocycles. The summed E-state index contributed by atoms with van der Waals surface area (Å²) < 4.78 is 26.8. The molecule has 1 N–H and O–H groups in total. The van der Waals surface area contributed by atoms with Crippen LogP contribution in [0.1, 0.15) is 43.5 Å². The summed E-state index contributed by atoms with van der Waals surface area (Å²) in [5.74, 6) is -1.86. The fourth-order valence-electron chi connectivity index (χ4n) is 2.66. The summed E-state index contributed by atoms with van der Waals surface area (Å²) in [5.41, 5.74) is -0.0686. The Morgan fingerprint density at radius 1 is 1.38 bits per heavy atom. The fourth-order valence-corrected chi connectivity index (χ4v) is 2.66. The van der Waals surface area contributed by atoms with E-state index in [-0.39, 0.29) is 23.6 Å². The molecule has 5 heteroatoms. The quantitative estimate of drug-likeness (QED) is 0.926. The molecule has 1 heterocycles. The van der Waals surface area contributed by atoms with Gasteiger partial charge in [0.2, 0.25) is 0 Å². The lowest BCUT2D eigenvalue weighted by Crippen LogP contribution is -2.48. The Morgan fingerprint density at radius 3 is 2.71 bits per heavy atom. The molecular formula is C16H22F2N2O. The highest BCUT2D eigenvalue weighted by Gasteiger charge is 2.25. The van der Waals surface area contributed by atoms with Crippen LogP contribution in [0.15, 0.2) is 18.2 Å². The fraction of sp³-hybridized carbons (Fsp3) is 0.562. The van der Waals surface area contributed by atoms with Gasteiger partial charge in [-0.2, -0.15) is 0 Å². The molecule has 2 rings (SSSR count). The van der Waals surface area contributed by atoms with Crippen LogP contribution >= 0.6 is 0 Å². The predicted molar refractivity (Wildman–Crippen MR) is 78.2 cm³/mol. The molecule has 0 spiro atoms. The maximum absolute atomic E-state index is 13.8. The molecule has 0 bridgehead atoms. The number of nitrogens with one attached hydrogen (secondary N) is 1. The van der Waals surface area contributed by atoms with Gasteiger partial charge in [-0.05, 0) is 45.4 Å². The number of nitrogens with zero attached hydrogens (tertiary/aromatic N) is 1. The molecule has 1 amide bonds. The second-order valence-electron chi connectivity index (χ2n) is 5.82. The molecule has 3 nitrogen and oxygen atoms in total. The van der Waals surface area contributed by atoms with Gasteiger partial charge in [0.25, 0.3) is 5.91 Å². The second kappa shape index (κ2) is 6.98. The lowest BCUT2D eigenvalue weighted by molar-refractivity contribution is 0.0672. The molecule has 1 fully saturated rings. The average molecular weight is 296 g/mol. The van der Waals surface area contributed by atoms with Crippen LogP contribution in [0.5, 0.6) is 0 Å². The van der Waals surface area contributed by atoms with Gasteiger partial charge in [0, 0.05) is 24.7 Å². The number of carbonyl (C=O) groups is 1. The van der Waals surface area contributed by atoms with Crippen LogP contribution in [0.4, 0.5) is 8.78 Å². The first-order valence-electron chi connectivity index (χ1n) is 7.48. The molecule has 21 heavy (non-hydrogen) atoms. The lowest BCUT2D eigenvalue weighted by Gasteiger charge is -2.33. The van der Waals surface area contributed by atoms with Crippen molar-refractivity contribution in [2.24, 2.45) is 0 Å². The van der Waals surface area contributed by atoms with Gasteiger partial charge in [-0.3, -0.25) is 4.79 Å². The van der Waals surface area contributed by atoms with Crippen LogP contribution in [0.25, 0.3) is 0 Å². The van der Waals surface area contributed by atoms with E-state index in [1.165, 1.54) is 6.07 Å². The van der Waals surface area contributed by atoms with Gasteiger partial charge in [0.1, 0.15) is 11.6 Å². The third-order valence-corrected chi connectivity index (χ3v) is 3.88. The van der Waals surface area contributed by atoms with E-state index >= 15 is 0 Å². The van der Waals surface area contributed by atoms with Gasteiger partial charge in [-0.25, -0.2) is 8.78 Å². The molecule has 1 saturated heterocycles. The number of hydrogen-bond acceptors (Lipinski definition) is 2. The summed E-state index contributed by atoms with van der Waals surface area (Å²) in [5, 5.41) is 3.39. The molecule has 1 unspecified atom stereocenters. The zero-order valence-electron chi connectivity index (χ0n) is 12.5. The second-order valence-corrected chi connectivity index (χ2v) is 5.82. The van der Waals surface area contributed by atoms with E-state index in [9.17, 15) is 13.6 Å². The molecule has 1 aromatic rings. The molecule has 1 aliphatic rings. The standard InChI is InChI=1S/C16H22F2N2O/c1-11(2)20(10-13-5-3-4-8-19-13)16(21)14-7-6-12(17)9-15(14)18/h6-7,9,11,13,19H,3-5,8,10H2,1-2H3. The monoisotopic (exact) mass is 296 g/mol. The van der Waals surface area contributed by atoms with Crippen molar-refractivity contribution in [3.63, 3.8) is 0 Å². The maximum atomic E-state index is 13.8. The smallest absolute Gasteiger partial charge is 0.257 e. The van der Waals surface area contributed by atoms with E-state index in [1.54, 1.807) is 4.90 Å².